The summed E-state index contributed by atoms with van der Waals surface area (Å²) in [5.74, 6) is 0. The molecule has 0 bridgehead atoms. The van der Waals surface area contributed by atoms with E-state index in [1.807, 2.05) is 26.1 Å². The van der Waals surface area contributed by atoms with Crippen molar-refractivity contribution in [3.8, 4) is 0 Å². The Morgan fingerprint density at radius 1 is 1.16 bits per heavy atom. The Hall–Kier alpha value is -0.780. The van der Waals surface area contributed by atoms with Crippen LogP contribution in [0.2, 0.25) is 0 Å². The number of anilines is 1. The summed E-state index contributed by atoms with van der Waals surface area (Å²) < 4.78 is 25.1. The summed E-state index contributed by atoms with van der Waals surface area (Å²) in [5.41, 5.74) is 0.982. The minimum atomic E-state index is -3.35. The predicted molar refractivity (Wildman–Crippen MR) is 80.5 cm³/mol. The first-order chi connectivity index (χ1) is 8.75. The van der Waals surface area contributed by atoms with Gasteiger partial charge in [-0.25, -0.2) is 12.7 Å². The Balaban J connectivity index is 2.82. The van der Waals surface area contributed by atoms with Crippen LogP contribution in [0.5, 0.6) is 0 Å². The van der Waals surface area contributed by atoms with Crippen LogP contribution in [0.1, 0.15) is 13.3 Å². The molecular formula is C13H21ClN2O2S. The molecule has 4 nitrogen and oxygen atoms in total. The smallest absolute Gasteiger partial charge is 0.242 e. The Morgan fingerprint density at radius 3 is 2.11 bits per heavy atom. The molecule has 0 N–H and O–H groups in total. The maximum atomic E-state index is 11.9. The minimum Gasteiger partial charge on any atom is -0.375 e. The standard InChI is InChI=1S/C13H21ClN2O2S/c1-11(14)9-10-16(4)12-5-7-13(8-6-12)19(17,18)15(2)3/h5-8,11H,9-10H2,1-4H3. The summed E-state index contributed by atoms with van der Waals surface area (Å²) in [6.07, 6.45) is 0.885. The van der Waals surface area contributed by atoms with Crippen molar-refractivity contribution in [2.45, 2.75) is 23.6 Å². The molecule has 1 aromatic carbocycles. The maximum Gasteiger partial charge on any atom is 0.242 e. The summed E-state index contributed by atoms with van der Waals surface area (Å²) in [7, 11) is 1.67. The molecule has 6 heteroatoms. The van der Waals surface area contributed by atoms with E-state index in [-0.39, 0.29) is 5.38 Å². The predicted octanol–water partition coefficient (Wildman–Crippen LogP) is 2.39. The topological polar surface area (TPSA) is 40.6 Å². The van der Waals surface area contributed by atoms with Crippen molar-refractivity contribution in [2.75, 3.05) is 32.6 Å². The second-order valence-electron chi connectivity index (χ2n) is 4.77. The molecule has 0 aliphatic carbocycles. The van der Waals surface area contributed by atoms with Gasteiger partial charge in [0.05, 0.1) is 4.90 Å². The highest BCUT2D eigenvalue weighted by molar-refractivity contribution is 7.89. The third-order valence-corrected chi connectivity index (χ3v) is 4.97. The molecule has 0 fully saturated rings. The minimum absolute atomic E-state index is 0.135. The van der Waals surface area contributed by atoms with E-state index in [0.29, 0.717) is 4.90 Å². The zero-order valence-electron chi connectivity index (χ0n) is 11.8. The van der Waals surface area contributed by atoms with Gasteiger partial charge in [-0.3, -0.25) is 0 Å². The molecule has 0 aliphatic heterocycles. The number of halogens is 1. The lowest BCUT2D eigenvalue weighted by Crippen LogP contribution is -2.23. The van der Waals surface area contributed by atoms with E-state index in [2.05, 4.69) is 4.90 Å². The Bertz CT molecular complexity index is 498. The molecule has 0 amide bonds. The van der Waals surface area contributed by atoms with Gasteiger partial charge in [-0.15, -0.1) is 11.6 Å². The van der Waals surface area contributed by atoms with Crippen molar-refractivity contribution >= 4 is 27.3 Å². The van der Waals surface area contributed by atoms with E-state index in [0.717, 1.165) is 18.7 Å². The van der Waals surface area contributed by atoms with E-state index in [1.165, 1.54) is 18.4 Å². The fourth-order valence-electron chi connectivity index (χ4n) is 1.58. The van der Waals surface area contributed by atoms with Crippen molar-refractivity contribution in [3.05, 3.63) is 24.3 Å². The second kappa shape index (κ2) is 6.59. The van der Waals surface area contributed by atoms with Gasteiger partial charge in [0.25, 0.3) is 0 Å². The fraction of sp³-hybridized carbons (Fsp3) is 0.538. The molecule has 0 saturated carbocycles. The zero-order chi connectivity index (χ0) is 14.6. The van der Waals surface area contributed by atoms with Gasteiger partial charge in [0, 0.05) is 38.8 Å². The van der Waals surface area contributed by atoms with Crippen LogP contribution >= 0.6 is 11.6 Å². The second-order valence-corrected chi connectivity index (χ2v) is 7.67. The monoisotopic (exact) mass is 304 g/mol. The molecule has 1 atom stereocenters. The summed E-state index contributed by atoms with van der Waals surface area (Å²) in [5, 5.41) is 0.135. The first kappa shape index (κ1) is 16.3. The number of hydrogen-bond acceptors (Lipinski definition) is 3. The first-order valence-electron chi connectivity index (χ1n) is 6.13. The number of rotatable bonds is 6. The van der Waals surface area contributed by atoms with E-state index in [9.17, 15) is 8.42 Å². The summed E-state index contributed by atoms with van der Waals surface area (Å²) in [6.45, 7) is 2.80. The average Bonchev–Trinajstić information content (AvgIpc) is 2.35. The lowest BCUT2D eigenvalue weighted by molar-refractivity contribution is 0.521. The summed E-state index contributed by atoms with van der Waals surface area (Å²) in [4.78, 5) is 2.37. The zero-order valence-corrected chi connectivity index (χ0v) is 13.4. The van der Waals surface area contributed by atoms with Gasteiger partial charge in [0.2, 0.25) is 10.0 Å². The van der Waals surface area contributed by atoms with Gasteiger partial charge in [-0.05, 0) is 37.6 Å². The lowest BCUT2D eigenvalue weighted by Gasteiger charge is -2.20. The fourth-order valence-corrected chi connectivity index (χ4v) is 2.58. The largest absolute Gasteiger partial charge is 0.375 e. The number of benzene rings is 1. The molecular weight excluding hydrogens is 284 g/mol. The van der Waals surface area contributed by atoms with Gasteiger partial charge >= 0.3 is 0 Å². The number of alkyl halides is 1. The van der Waals surface area contributed by atoms with Crippen LogP contribution in [-0.2, 0) is 10.0 Å². The third kappa shape index (κ3) is 4.37. The lowest BCUT2D eigenvalue weighted by atomic mass is 10.2. The van der Waals surface area contributed by atoms with E-state index >= 15 is 0 Å². The Labute approximate surface area is 121 Å². The molecule has 0 spiro atoms. The van der Waals surface area contributed by atoms with Crippen molar-refractivity contribution in [2.24, 2.45) is 0 Å². The molecule has 1 rings (SSSR count). The SMILES string of the molecule is CC(Cl)CCN(C)c1ccc(S(=O)(=O)N(C)C)cc1. The molecule has 0 heterocycles. The van der Waals surface area contributed by atoms with Crippen LogP contribution in [0.4, 0.5) is 5.69 Å². The number of hydrogen-bond donors (Lipinski definition) is 0. The Kier molecular flexibility index (Phi) is 5.64. The molecule has 1 aromatic rings. The van der Waals surface area contributed by atoms with Gasteiger partial charge in [0.15, 0.2) is 0 Å². The summed E-state index contributed by atoms with van der Waals surface area (Å²) in [6, 6.07) is 6.89. The van der Waals surface area contributed by atoms with E-state index in [4.69, 9.17) is 11.6 Å². The average molecular weight is 305 g/mol. The van der Waals surface area contributed by atoms with Gasteiger partial charge in [-0.2, -0.15) is 0 Å². The molecule has 0 radical (unpaired) electrons. The van der Waals surface area contributed by atoms with Gasteiger partial charge < -0.3 is 4.90 Å². The number of nitrogens with zero attached hydrogens (tertiary/aromatic N) is 2. The highest BCUT2D eigenvalue weighted by Gasteiger charge is 2.16. The molecule has 1 unspecified atom stereocenters. The van der Waals surface area contributed by atoms with Crippen LogP contribution < -0.4 is 4.90 Å². The maximum absolute atomic E-state index is 11.9. The van der Waals surface area contributed by atoms with Crippen molar-refractivity contribution in [3.63, 3.8) is 0 Å². The van der Waals surface area contributed by atoms with Gasteiger partial charge in [-0.1, -0.05) is 0 Å². The van der Waals surface area contributed by atoms with E-state index in [1.54, 1.807) is 12.1 Å². The highest BCUT2D eigenvalue weighted by Crippen LogP contribution is 2.19. The normalized spacial score (nSPS) is 13.6. The van der Waals surface area contributed by atoms with E-state index < -0.39 is 10.0 Å². The van der Waals surface area contributed by atoms with Crippen LogP contribution in [-0.4, -0.2) is 45.8 Å². The van der Waals surface area contributed by atoms with Crippen molar-refractivity contribution in [1.29, 1.82) is 0 Å². The first-order valence-corrected chi connectivity index (χ1v) is 8.00. The molecule has 0 aromatic heterocycles. The van der Waals surface area contributed by atoms with Crippen molar-refractivity contribution in [1.82, 2.24) is 4.31 Å². The highest BCUT2D eigenvalue weighted by atomic mass is 35.5. The molecule has 0 aliphatic rings. The van der Waals surface area contributed by atoms with Gasteiger partial charge in [0.1, 0.15) is 0 Å². The third-order valence-electron chi connectivity index (χ3n) is 2.92. The Morgan fingerprint density at radius 2 is 1.68 bits per heavy atom. The number of sulfonamides is 1. The molecule has 0 saturated heterocycles. The van der Waals surface area contributed by atoms with Crippen LogP contribution in [0, 0.1) is 0 Å². The molecule has 19 heavy (non-hydrogen) atoms. The van der Waals surface area contributed by atoms with Crippen LogP contribution in [0.3, 0.4) is 0 Å². The van der Waals surface area contributed by atoms with Crippen molar-refractivity contribution < 1.29 is 8.42 Å². The molecule has 108 valence electrons. The summed E-state index contributed by atoms with van der Waals surface area (Å²) >= 11 is 5.92. The van der Waals surface area contributed by atoms with Crippen LogP contribution in [0.25, 0.3) is 0 Å². The van der Waals surface area contributed by atoms with Crippen LogP contribution in [0.15, 0.2) is 29.2 Å². The quantitative estimate of drug-likeness (QED) is 0.758.